The molecule has 0 aliphatic carbocycles. The first kappa shape index (κ1) is 9.54. The second-order valence-corrected chi connectivity index (χ2v) is 2.83. The Labute approximate surface area is 76.4 Å². The second kappa shape index (κ2) is 3.91. The lowest BCUT2D eigenvalue weighted by Crippen LogP contribution is -2.05. The normalized spacial score (nSPS) is 13.0. The molecular formula is C7H6BrF2NO. The van der Waals surface area contributed by atoms with Gasteiger partial charge in [0.1, 0.15) is 11.6 Å². The van der Waals surface area contributed by atoms with Gasteiger partial charge in [-0.05, 0) is 0 Å². The van der Waals surface area contributed by atoms with E-state index in [1.807, 2.05) is 0 Å². The summed E-state index contributed by atoms with van der Waals surface area (Å²) in [5, 5.41) is 9.22. The monoisotopic (exact) mass is 237 g/mol. The van der Waals surface area contributed by atoms with Crippen molar-refractivity contribution >= 4 is 15.9 Å². The fourth-order valence-electron chi connectivity index (χ4n) is 0.817. The van der Waals surface area contributed by atoms with Gasteiger partial charge in [-0.2, -0.15) is 0 Å². The number of hydrogen-bond donors (Lipinski definition) is 1. The summed E-state index contributed by atoms with van der Waals surface area (Å²) >= 11 is 2.92. The minimum Gasteiger partial charge on any atom is -0.387 e. The molecule has 12 heavy (non-hydrogen) atoms. The van der Waals surface area contributed by atoms with E-state index in [4.69, 9.17) is 5.11 Å². The van der Waals surface area contributed by atoms with Crippen LogP contribution in [0.2, 0.25) is 0 Å². The highest BCUT2D eigenvalue weighted by molar-refractivity contribution is 9.09. The molecular weight excluding hydrogens is 232 g/mol. The number of alkyl halides is 1. The van der Waals surface area contributed by atoms with Gasteiger partial charge in [-0.25, -0.2) is 8.78 Å². The fraction of sp³-hybridized carbons (Fsp3) is 0.286. The van der Waals surface area contributed by atoms with Crippen molar-refractivity contribution in [2.45, 2.75) is 6.10 Å². The van der Waals surface area contributed by atoms with E-state index in [0.717, 1.165) is 12.4 Å². The number of nitrogens with zero attached hydrogens (tertiary/aromatic N) is 1. The van der Waals surface area contributed by atoms with Crippen LogP contribution in [-0.4, -0.2) is 15.4 Å². The van der Waals surface area contributed by atoms with Gasteiger partial charge in [0.25, 0.3) is 0 Å². The highest BCUT2D eigenvalue weighted by Gasteiger charge is 2.16. The molecule has 1 heterocycles. The van der Waals surface area contributed by atoms with Crippen molar-refractivity contribution in [3.8, 4) is 0 Å². The Bertz CT molecular complexity index is 262. The number of hydrogen-bond acceptors (Lipinski definition) is 2. The van der Waals surface area contributed by atoms with Crippen LogP contribution in [0.1, 0.15) is 11.7 Å². The van der Waals surface area contributed by atoms with Gasteiger partial charge in [0.05, 0.1) is 24.1 Å². The molecule has 5 heteroatoms. The largest absolute Gasteiger partial charge is 0.387 e. The number of pyridine rings is 1. The van der Waals surface area contributed by atoms with Crippen molar-refractivity contribution in [2.75, 3.05) is 5.33 Å². The van der Waals surface area contributed by atoms with Crippen molar-refractivity contribution < 1.29 is 13.9 Å². The highest BCUT2D eigenvalue weighted by Crippen LogP contribution is 2.20. The summed E-state index contributed by atoms with van der Waals surface area (Å²) in [5.41, 5.74) is -0.345. The van der Waals surface area contributed by atoms with Crippen LogP contribution in [0.25, 0.3) is 0 Å². The van der Waals surface area contributed by atoms with Crippen LogP contribution >= 0.6 is 15.9 Å². The number of rotatable bonds is 2. The van der Waals surface area contributed by atoms with Crippen LogP contribution in [0, 0.1) is 11.6 Å². The lowest BCUT2D eigenvalue weighted by Gasteiger charge is -2.08. The zero-order chi connectivity index (χ0) is 9.14. The average Bonchev–Trinajstić information content (AvgIpc) is 2.03. The second-order valence-electron chi connectivity index (χ2n) is 2.19. The van der Waals surface area contributed by atoms with E-state index in [0.29, 0.717) is 0 Å². The molecule has 0 aromatic carbocycles. The summed E-state index contributed by atoms with van der Waals surface area (Å²) in [6, 6.07) is 0. The van der Waals surface area contributed by atoms with Crippen molar-refractivity contribution in [1.82, 2.24) is 4.98 Å². The Kier molecular flexibility index (Phi) is 3.11. The molecule has 0 saturated carbocycles. The molecule has 1 aromatic rings. The first-order chi connectivity index (χ1) is 5.66. The third-order valence-electron chi connectivity index (χ3n) is 1.37. The van der Waals surface area contributed by atoms with Gasteiger partial charge < -0.3 is 5.11 Å². The maximum absolute atomic E-state index is 12.8. The van der Waals surface area contributed by atoms with Crippen molar-refractivity contribution in [3.63, 3.8) is 0 Å². The summed E-state index contributed by atoms with van der Waals surface area (Å²) in [5.74, 6) is -1.66. The predicted molar refractivity (Wildman–Crippen MR) is 42.9 cm³/mol. The predicted octanol–water partition coefficient (Wildman–Crippen LogP) is 1.79. The van der Waals surface area contributed by atoms with E-state index in [-0.39, 0.29) is 10.9 Å². The van der Waals surface area contributed by atoms with Crippen LogP contribution in [-0.2, 0) is 0 Å². The third kappa shape index (κ3) is 1.78. The van der Waals surface area contributed by atoms with E-state index < -0.39 is 17.7 Å². The molecule has 0 saturated heterocycles. The Morgan fingerprint density at radius 2 is 1.92 bits per heavy atom. The molecule has 1 aromatic heterocycles. The fourth-order valence-corrected chi connectivity index (χ4v) is 1.14. The third-order valence-corrected chi connectivity index (χ3v) is 1.98. The maximum Gasteiger partial charge on any atom is 0.150 e. The zero-order valence-corrected chi connectivity index (χ0v) is 7.55. The smallest absolute Gasteiger partial charge is 0.150 e. The van der Waals surface area contributed by atoms with Crippen LogP contribution in [0.15, 0.2) is 12.4 Å². The Hall–Kier alpha value is -0.550. The standard InChI is InChI=1S/C7H6BrF2NO/c8-1-6(12)7-4(9)2-11-3-5(7)10/h2-3,6,12H,1H2. The quantitative estimate of drug-likeness (QED) is 0.796. The molecule has 0 amide bonds. The lowest BCUT2D eigenvalue weighted by atomic mass is 10.1. The average molecular weight is 238 g/mol. The van der Waals surface area contributed by atoms with E-state index in [2.05, 4.69) is 20.9 Å². The number of aliphatic hydroxyl groups excluding tert-OH is 1. The molecule has 0 fully saturated rings. The van der Waals surface area contributed by atoms with E-state index in [9.17, 15) is 8.78 Å². The molecule has 0 aliphatic heterocycles. The van der Waals surface area contributed by atoms with Crippen LogP contribution in [0.3, 0.4) is 0 Å². The van der Waals surface area contributed by atoms with Gasteiger partial charge in [-0.15, -0.1) is 0 Å². The zero-order valence-electron chi connectivity index (χ0n) is 5.97. The van der Waals surface area contributed by atoms with Gasteiger partial charge in [-0.3, -0.25) is 4.98 Å². The van der Waals surface area contributed by atoms with Crippen LogP contribution in [0.5, 0.6) is 0 Å². The first-order valence-corrected chi connectivity index (χ1v) is 4.32. The molecule has 1 atom stereocenters. The van der Waals surface area contributed by atoms with Crippen molar-refractivity contribution in [2.24, 2.45) is 0 Å². The lowest BCUT2D eigenvalue weighted by molar-refractivity contribution is 0.194. The molecule has 0 spiro atoms. The van der Waals surface area contributed by atoms with E-state index in [1.54, 1.807) is 0 Å². The number of aliphatic hydroxyl groups is 1. The van der Waals surface area contributed by atoms with Gasteiger partial charge in [-0.1, -0.05) is 15.9 Å². The molecule has 66 valence electrons. The minimum atomic E-state index is -1.17. The molecule has 0 bridgehead atoms. The Morgan fingerprint density at radius 3 is 2.33 bits per heavy atom. The Balaban J connectivity index is 3.12. The highest BCUT2D eigenvalue weighted by atomic mass is 79.9. The maximum atomic E-state index is 12.8. The molecule has 1 N–H and O–H groups in total. The Morgan fingerprint density at radius 1 is 1.42 bits per heavy atom. The summed E-state index contributed by atoms with van der Waals surface area (Å²) in [6.07, 6.45) is 0.558. The van der Waals surface area contributed by atoms with Gasteiger partial charge in [0.15, 0.2) is 0 Å². The minimum absolute atomic E-state index is 0.0881. The topological polar surface area (TPSA) is 33.1 Å². The van der Waals surface area contributed by atoms with E-state index in [1.165, 1.54) is 0 Å². The first-order valence-electron chi connectivity index (χ1n) is 3.19. The molecule has 0 radical (unpaired) electrons. The molecule has 1 unspecified atom stereocenters. The summed E-state index contributed by atoms with van der Waals surface area (Å²) in [7, 11) is 0. The molecule has 0 aliphatic rings. The SMILES string of the molecule is OC(CBr)c1c(F)cncc1F. The van der Waals surface area contributed by atoms with Gasteiger partial charge >= 0.3 is 0 Å². The molecule has 2 nitrogen and oxygen atoms in total. The van der Waals surface area contributed by atoms with Crippen molar-refractivity contribution in [1.29, 1.82) is 0 Å². The van der Waals surface area contributed by atoms with E-state index >= 15 is 0 Å². The summed E-state index contributed by atoms with van der Waals surface area (Å²) in [4.78, 5) is 3.28. The summed E-state index contributed by atoms with van der Waals surface area (Å²) < 4.78 is 25.6. The van der Waals surface area contributed by atoms with Gasteiger partial charge in [0.2, 0.25) is 0 Å². The van der Waals surface area contributed by atoms with Crippen LogP contribution in [0.4, 0.5) is 8.78 Å². The number of aromatic nitrogens is 1. The van der Waals surface area contributed by atoms with Crippen LogP contribution < -0.4 is 0 Å². The molecule has 1 rings (SSSR count). The number of halogens is 3. The summed E-state index contributed by atoms with van der Waals surface area (Å²) in [6.45, 7) is 0. The van der Waals surface area contributed by atoms with Crippen molar-refractivity contribution in [3.05, 3.63) is 29.6 Å². The van der Waals surface area contributed by atoms with Gasteiger partial charge in [0, 0.05) is 5.33 Å².